The molecule has 0 N–H and O–H groups in total. The number of ether oxygens (including phenoxy) is 6. The van der Waals surface area contributed by atoms with Gasteiger partial charge < -0.3 is 61.3 Å². The summed E-state index contributed by atoms with van der Waals surface area (Å²) in [4.78, 5) is 0. The van der Waals surface area contributed by atoms with Gasteiger partial charge in [0.05, 0.1) is 39.6 Å². The molecule has 2 aromatic carbocycles. The molecule has 6 radical (unpaired) electrons. The smallest absolute Gasteiger partial charge is 0.362 e. The molecule has 22 heteroatoms. The Kier molecular flexibility index (Phi) is 18.9. The molecule has 2 atom stereocenters. The molecule has 0 aliphatic carbocycles. The fourth-order valence-electron chi connectivity index (χ4n) is 7.55. The molecule has 14 nitrogen and oxygen atoms in total. The molecule has 2 aromatic rings. The summed E-state index contributed by atoms with van der Waals surface area (Å²) in [6.45, 7) is 25.8. The Bertz CT molecular complexity index is 1530. The first-order valence-electron chi connectivity index (χ1n) is 21.5. The zero-order valence-corrected chi connectivity index (χ0v) is 45.7. The van der Waals surface area contributed by atoms with Crippen LogP contribution in [0.15, 0.2) is 36.4 Å². The van der Waals surface area contributed by atoms with Gasteiger partial charge in [0.15, 0.2) is 0 Å². The Morgan fingerprint density at radius 3 is 1.26 bits per heavy atom. The highest BCUT2D eigenvalue weighted by atomic mass is 28.5. The Morgan fingerprint density at radius 1 is 0.557 bits per heavy atom. The van der Waals surface area contributed by atoms with Crippen LogP contribution in [-0.2, 0) is 70.1 Å². The van der Waals surface area contributed by atoms with Crippen molar-refractivity contribution < 1.29 is 61.3 Å². The minimum absolute atomic E-state index is 0.225. The highest BCUT2D eigenvalue weighted by molar-refractivity contribution is 6.82. The van der Waals surface area contributed by atoms with E-state index in [1.54, 1.807) is 0 Å². The van der Waals surface area contributed by atoms with E-state index in [4.69, 9.17) is 61.3 Å². The lowest BCUT2D eigenvalue weighted by Crippen LogP contribution is -2.53. The second-order valence-corrected chi connectivity index (χ2v) is 34.7. The first-order chi connectivity index (χ1) is 29.1. The van der Waals surface area contributed by atoms with Gasteiger partial charge in [0.1, 0.15) is 36.9 Å². The number of hydrogen-bond donors (Lipinski definition) is 0. The van der Waals surface area contributed by atoms with Gasteiger partial charge in [-0.25, -0.2) is 0 Å². The van der Waals surface area contributed by atoms with Gasteiger partial charge in [-0.2, -0.15) is 0 Å². The minimum Gasteiger partial charge on any atom is -0.491 e. The summed E-state index contributed by atoms with van der Waals surface area (Å²) in [5.41, 5.74) is 4.38. The Balaban J connectivity index is 1.18. The largest absolute Gasteiger partial charge is 0.491 e. The normalized spacial score (nSPS) is 23.6. The van der Waals surface area contributed by atoms with Gasteiger partial charge in [-0.1, -0.05) is 38.1 Å². The molecule has 0 amide bonds. The van der Waals surface area contributed by atoms with Crippen LogP contribution in [0.1, 0.15) is 48.9 Å². The first-order valence-corrected chi connectivity index (χ1v) is 37.4. The zero-order valence-electron chi connectivity index (χ0n) is 37.7. The fourth-order valence-corrected chi connectivity index (χ4v) is 31.4. The van der Waals surface area contributed by atoms with Gasteiger partial charge in [0, 0.05) is 5.41 Å². The van der Waals surface area contributed by atoms with E-state index >= 15 is 0 Å². The third-order valence-electron chi connectivity index (χ3n) is 10.7. The van der Waals surface area contributed by atoms with E-state index in [1.807, 2.05) is 39.3 Å². The van der Waals surface area contributed by atoms with E-state index in [-0.39, 0.29) is 17.6 Å². The van der Waals surface area contributed by atoms with Gasteiger partial charge in [-0.3, -0.25) is 0 Å². The first kappa shape index (κ1) is 49.7. The van der Waals surface area contributed by atoms with Crippen molar-refractivity contribution in [2.24, 2.45) is 0 Å². The van der Waals surface area contributed by atoms with Crippen LogP contribution in [0.4, 0.5) is 0 Å². The third kappa shape index (κ3) is 16.3. The lowest BCUT2D eigenvalue weighted by Gasteiger charge is -2.35. The molecule has 4 heterocycles. The number of rotatable bonds is 22. The predicted molar refractivity (Wildman–Crippen MR) is 245 cm³/mol. The molecule has 4 fully saturated rings. The fraction of sp³-hybridized carbons (Fsp3) is 0.692. The van der Waals surface area contributed by atoms with E-state index in [0.717, 1.165) is 73.6 Å². The molecule has 338 valence electrons. The monoisotopic (exact) mass is 982 g/mol. The van der Waals surface area contributed by atoms with Crippen molar-refractivity contribution in [1.82, 2.24) is 0 Å². The van der Waals surface area contributed by atoms with Crippen LogP contribution in [-0.4, -0.2) is 138 Å². The molecule has 0 spiro atoms. The molecule has 4 aliphatic rings. The van der Waals surface area contributed by atoms with Gasteiger partial charge in [-0.05, 0) is 125 Å². The highest BCUT2D eigenvalue weighted by Crippen LogP contribution is 2.38. The second kappa shape index (κ2) is 23.2. The zero-order chi connectivity index (χ0) is 43.6. The van der Waals surface area contributed by atoms with Crippen molar-refractivity contribution >= 4 is 72.8 Å². The second-order valence-electron chi connectivity index (χ2n) is 16.8. The molecule has 0 saturated carbocycles. The molecular formula is C39H66O14Si8. The number of epoxide rings is 2. The average Bonchev–Trinajstić information content (AvgIpc) is 4.11. The average molecular weight is 984 g/mol. The van der Waals surface area contributed by atoms with E-state index in [0.29, 0.717) is 39.6 Å². The lowest BCUT2D eigenvalue weighted by atomic mass is 9.76. The van der Waals surface area contributed by atoms with Crippen molar-refractivity contribution in [3.8, 4) is 11.5 Å². The van der Waals surface area contributed by atoms with Crippen LogP contribution in [0.25, 0.3) is 0 Å². The Hall–Kier alpha value is -0.705. The molecule has 4 aliphatic heterocycles. The van der Waals surface area contributed by atoms with Gasteiger partial charge >= 0.3 is 72.8 Å². The Labute approximate surface area is 377 Å². The van der Waals surface area contributed by atoms with Gasteiger partial charge in [0.2, 0.25) is 0 Å². The summed E-state index contributed by atoms with van der Waals surface area (Å²) in [5.74, 6) is 1.75. The maximum Gasteiger partial charge on any atom is 0.362 e. The van der Waals surface area contributed by atoms with Crippen LogP contribution in [0.3, 0.4) is 0 Å². The summed E-state index contributed by atoms with van der Waals surface area (Å²) < 4.78 is 85.7. The standard InChI is InChI=1S/C39H66O14Si8/c1-39(2,33-15-17-37(42-21-19-40-27-35-29-44-35)31(25-33)13-11-23-60(9)50-56(5)46-54(3)47-57(6)51-60)34-16-18-38(43-22-20-41-28-36-30-45-36)32(26-34)14-12-24-61(10)52-58(7)48-55(4)49-59(8)53-61/h15-18,25-26,35-36H,11-14,19-24,27-30H2,1-10H3. The van der Waals surface area contributed by atoms with Crippen molar-refractivity contribution in [3.63, 3.8) is 0 Å². The van der Waals surface area contributed by atoms with E-state index in [2.05, 4.69) is 63.3 Å². The van der Waals surface area contributed by atoms with Gasteiger partial charge in [0.25, 0.3) is 0 Å². The minimum atomic E-state index is -2.52. The summed E-state index contributed by atoms with van der Waals surface area (Å²) in [6.07, 6.45) is 3.84. The van der Waals surface area contributed by atoms with E-state index in [9.17, 15) is 0 Å². The van der Waals surface area contributed by atoms with Crippen LogP contribution >= 0.6 is 0 Å². The van der Waals surface area contributed by atoms with Crippen LogP contribution < -0.4 is 9.47 Å². The van der Waals surface area contributed by atoms with Crippen LogP contribution in [0.5, 0.6) is 11.5 Å². The maximum absolute atomic E-state index is 6.57. The summed E-state index contributed by atoms with van der Waals surface area (Å²) >= 11 is 0. The van der Waals surface area contributed by atoms with Crippen molar-refractivity contribution in [2.75, 3.05) is 52.9 Å². The topological polar surface area (TPSA) is 136 Å². The van der Waals surface area contributed by atoms with E-state index < -0.39 is 72.8 Å². The molecule has 0 aromatic heterocycles. The molecule has 2 unspecified atom stereocenters. The maximum atomic E-state index is 6.57. The molecule has 0 bridgehead atoms. The van der Waals surface area contributed by atoms with Crippen LogP contribution in [0, 0.1) is 0 Å². The third-order valence-corrected chi connectivity index (χ3v) is 33.9. The van der Waals surface area contributed by atoms with Crippen molar-refractivity contribution in [1.29, 1.82) is 0 Å². The number of hydrogen-bond acceptors (Lipinski definition) is 14. The van der Waals surface area contributed by atoms with Crippen molar-refractivity contribution in [3.05, 3.63) is 58.7 Å². The molecule has 6 rings (SSSR count). The lowest BCUT2D eigenvalue weighted by molar-refractivity contribution is 0.0875. The summed E-state index contributed by atoms with van der Waals surface area (Å²) in [6, 6.07) is 15.0. The quantitative estimate of drug-likeness (QED) is 0.0724. The summed E-state index contributed by atoms with van der Waals surface area (Å²) in [5, 5.41) is 0. The number of benzene rings is 2. The SMILES string of the molecule is C[Si]1O[Si](C)O[Si](C)(CCCc2cc(C(C)(C)c3ccc(OCCOCC4CO4)c(CCC[Si]4(C)O[Si](C)O[Si](C)O[Si](C)O4)c3)ccc2OCCOCC2CO2)O[Si](C)O1. The molecule has 4 saturated heterocycles. The highest BCUT2D eigenvalue weighted by Gasteiger charge is 2.42. The van der Waals surface area contributed by atoms with Crippen molar-refractivity contribution in [2.45, 2.75) is 122 Å². The summed E-state index contributed by atoms with van der Waals surface area (Å²) in [7, 11) is -13.6. The predicted octanol–water partition coefficient (Wildman–Crippen LogP) is 6.48. The van der Waals surface area contributed by atoms with Gasteiger partial charge in [-0.15, -0.1) is 0 Å². The van der Waals surface area contributed by atoms with E-state index in [1.165, 1.54) is 11.1 Å². The number of aryl methyl sites for hydroxylation is 2. The molecule has 61 heavy (non-hydrogen) atoms. The molecular weight excluding hydrogens is 917 g/mol. The van der Waals surface area contributed by atoms with Crippen LogP contribution in [0.2, 0.25) is 64.5 Å². The Morgan fingerprint density at radius 2 is 0.918 bits per heavy atom.